The van der Waals surface area contributed by atoms with E-state index in [9.17, 15) is 9.59 Å². The van der Waals surface area contributed by atoms with Crippen molar-refractivity contribution in [1.82, 2.24) is 15.2 Å². The number of pyridine rings is 1. The van der Waals surface area contributed by atoms with Crippen molar-refractivity contribution in [3.05, 3.63) is 77.4 Å². The quantitative estimate of drug-likeness (QED) is 0.647. The number of aromatic nitrogens is 1. The zero-order valence-electron chi connectivity index (χ0n) is 16.0. The van der Waals surface area contributed by atoms with Gasteiger partial charge in [-0.2, -0.15) is 0 Å². The number of hydrogen-bond donors (Lipinski definition) is 1. The van der Waals surface area contributed by atoms with E-state index in [1.165, 1.54) is 0 Å². The Bertz CT molecular complexity index is 917. The fourth-order valence-corrected chi connectivity index (χ4v) is 2.88. The summed E-state index contributed by atoms with van der Waals surface area (Å²) in [5.74, 6) is 1.56. The van der Waals surface area contributed by atoms with Crippen molar-refractivity contribution in [3.63, 3.8) is 0 Å². The Morgan fingerprint density at radius 3 is 2.71 bits per heavy atom. The van der Waals surface area contributed by atoms with Crippen LogP contribution in [0.5, 0.6) is 0 Å². The molecule has 1 N–H and O–H groups in total. The van der Waals surface area contributed by atoms with Gasteiger partial charge >= 0.3 is 0 Å². The Labute approximate surface area is 163 Å². The summed E-state index contributed by atoms with van der Waals surface area (Å²) in [4.78, 5) is 30.8. The van der Waals surface area contributed by atoms with Gasteiger partial charge in [0.25, 0.3) is 5.91 Å². The normalized spacial score (nSPS) is 10.6. The molecule has 0 unspecified atom stereocenters. The molecule has 146 valence electrons. The van der Waals surface area contributed by atoms with E-state index in [2.05, 4.69) is 10.3 Å². The van der Waals surface area contributed by atoms with Crippen LogP contribution in [-0.2, 0) is 17.9 Å². The molecular formula is C21H23N3O4. The van der Waals surface area contributed by atoms with E-state index < -0.39 is 0 Å². The second-order valence-electron chi connectivity index (χ2n) is 6.52. The molecule has 0 saturated heterocycles. The average molecular weight is 381 g/mol. The van der Waals surface area contributed by atoms with Gasteiger partial charge in [-0.3, -0.25) is 14.6 Å². The van der Waals surface area contributed by atoms with Gasteiger partial charge in [0.15, 0.2) is 0 Å². The first-order chi connectivity index (χ1) is 13.5. The lowest BCUT2D eigenvalue weighted by molar-refractivity contribution is -0.121. The Morgan fingerprint density at radius 1 is 1.21 bits per heavy atom. The van der Waals surface area contributed by atoms with Gasteiger partial charge in [0.05, 0.1) is 18.4 Å². The maximum absolute atomic E-state index is 13.0. The summed E-state index contributed by atoms with van der Waals surface area (Å²) in [7, 11) is 0. The molecule has 3 heterocycles. The molecule has 7 heteroatoms. The fourth-order valence-electron chi connectivity index (χ4n) is 2.88. The van der Waals surface area contributed by atoms with Crippen molar-refractivity contribution < 1.29 is 18.4 Å². The van der Waals surface area contributed by atoms with E-state index in [1.807, 2.05) is 12.1 Å². The lowest BCUT2D eigenvalue weighted by Crippen LogP contribution is -2.35. The average Bonchev–Trinajstić information content (AvgIpc) is 3.32. The van der Waals surface area contributed by atoms with Crippen LogP contribution in [0, 0.1) is 13.8 Å². The van der Waals surface area contributed by atoms with Crippen molar-refractivity contribution >= 4 is 11.8 Å². The Morgan fingerprint density at radius 2 is 2.07 bits per heavy atom. The molecule has 0 atom stereocenters. The van der Waals surface area contributed by atoms with Crippen LogP contribution in [0.3, 0.4) is 0 Å². The SMILES string of the molecule is Cc1cc(C(=O)N(CCC(=O)NCc2cccnc2)Cc2ccco2)c(C)o1. The van der Waals surface area contributed by atoms with Crippen LogP contribution in [0.4, 0.5) is 0 Å². The van der Waals surface area contributed by atoms with Gasteiger partial charge in [0, 0.05) is 31.9 Å². The van der Waals surface area contributed by atoms with E-state index in [0.29, 0.717) is 29.4 Å². The molecule has 3 aromatic heterocycles. The first-order valence-corrected chi connectivity index (χ1v) is 9.07. The number of nitrogens with zero attached hydrogens (tertiary/aromatic N) is 2. The zero-order chi connectivity index (χ0) is 19.9. The molecule has 7 nitrogen and oxygen atoms in total. The van der Waals surface area contributed by atoms with E-state index in [0.717, 1.165) is 5.56 Å². The van der Waals surface area contributed by atoms with Gasteiger partial charge < -0.3 is 19.1 Å². The molecule has 0 aromatic carbocycles. The van der Waals surface area contributed by atoms with E-state index >= 15 is 0 Å². The lowest BCUT2D eigenvalue weighted by atomic mass is 10.2. The van der Waals surface area contributed by atoms with Crippen molar-refractivity contribution in [2.45, 2.75) is 33.4 Å². The maximum atomic E-state index is 13.0. The minimum atomic E-state index is -0.189. The van der Waals surface area contributed by atoms with Crippen LogP contribution in [0.2, 0.25) is 0 Å². The molecule has 0 aliphatic rings. The highest BCUT2D eigenvalue weighted by atomic mass is 16.3. The number of hydrogen-bond acceptors (Lipinski definition) is 5. The molecule has 0 radical (unpaired) electrons. The lowest BCUT2D eigenvalue weighted by Gasteiger charge is -2.21. The standard InChI is InChI=1S/C21H23N3O4/c1-15-11-19(16(2)28-15)21(26)24(14-18-6-4-10-27-18)9-7-20(25)23-13-17-5-3-8-22-12-17/h3-6,8,10-12H,7,9,13-14H2,1-2H3,(H,23,25). The van der Waals surface area contributed by atoms with Gasteiger partial charge in [0.2, 0.25) is 5.91 Å². The minimum Gasteiger partial charge on any atom is -0.467 e. The van der Waals surface area contributed by atoms with Crippen LogP contribution in [0.25, 0.3) is 0 Å². The number of nitrogens with one attached hydrogen (secondary N) is 1. The van der Waals surface area contributed by atoms with Crippen LogP contribution in [0.15, 0.2) is 57.8 Å². The van der Waals surface area contributed by atoms with Crippen molar-refractivity contribution in [2.75, 3.05) is 6.54 Å². The molecular weight excluding hydrogens is 358 g/mol. The smallest absolute Gasteiger partial charge is 0.257 e. The number of aryl methyl sites for hydroxylation is 2. The Kier molecular flexibility index (Phi) is 6.26. The summed E-state index contributed by atoms with van der Waals surface area (Å²) in [5.41, 5.74) is 1.42. The number of furan rings is 2. The Hall–Kier alpha value is -3.35. The number of rotatable bonds is 8. The third-order valence-electron chi connectivity index (χ3n) is 4.31. The van der Waals surface area contributed by atoms with Crippen molar-refractivity contribution in [1.29, 1.82) is 0 Å². The molecule has 0 fully saturated rings. The van der Waals surface area contributed by atoms with Crippen LogP contribution in [-0.4, -0.2) is 28.2 Å². The summed E-state index contributed by atoms with van der Waals surface area (Å²) in [6.45, 7) is 4.50. The molecule has 2 amide bonds. The van der Waals surface area contributed by atoms with Gasteiger partial charge in [-0.25, -0.2) is 0 Å². The van der Waals surface area contributed by atoms with Crippen LogP contribution in [0.1, 0.15) is 39.6 Å². The minimum absolute atomic E-state index is 0.138. The number of carbonyl (C=O) groups is 2. The third-order valence-corrected chi connectivity index (χ3v) is 4.31. The molecule has 0 aliphatic heterocycles. The topological polar surface area (TPSA) is 88.6 Å². The van der Waals surface area contributed by atoms with Crippen molar-refractivity contribution in [2.24, 2.45) is 0 Å². The number of carbonyl (C=O) groups excluding carboxylic acids is 2. The van der Waals surface area contributed by atoms with Gasteiger partial charge in [-0.15, -0.1) is 0 Å². The van der Waals surface area contributed by atoms with E-state index in [-0.39, 0.29) is 31.3 Å². The molecule has 3 rings (SSSR count). The number of amides is 2. The first kappa shape index (κ1) is 19.4. The van der Waals surface area contributed by atoms with Crippen LogP contribution >= 0.6 is 0 Å². The predicted octanol–water partition coefficient (Wildman–Crippen LogP) is 3.23. The van der Waals surface area contributed by atoms with Gasteiger partial charge in [-0.05, 0) is 43.7 Å². The summed E-state index contributed by atoms with van der Waals surface area (Å²) in [6, 6.07) is 9.00. The monoisotopic (exact) mass is 381 g/mol. The Balaban J connectivity index is 1.62. The van der Waals surface area contributed by atoms with Crippen LogP contribution < -0.4 is 5.32 Å². The molecule has 0 bridgehead atoms. The highest BCUT2D eigenvalue weighted by Crippen LogP contribution is 2.18. The molecule has 0 spiro atoms. The zero-order valence-corrected chi connectivity index (χ0v) is 16.0. The molecule has 0 saturated carbocycles. The predicted molar refractivity (Wildman–Crippen MR) is 102 cm³/mol. The molecule has 28 heavy (non-hydrogen) atoms. The van der Waals surface area contributed by atoms with Crippen molar-refractivity contribution in [3.8, 4) is 0 Å². The first-order valence-electron chi connectivity index (χ1n) is 9.07. The summed E-state index contributed by atoms with van der Waals surface area (Å²) in [6.07, 6.45) is 5.13. The van der Waals surface area contributed by atoms with Gasteiger partial charge in [-0.1, -0.05) is 6.07 Å². The molecule has 0 aliphatic carbocycles. The molecule has 3 aromatic rings. The summed E-state index contributed by atoms with van der Waals surface area (Å²) >= 11 is 0. The largest absolute Gasteiger partial charge is 0.467 e. The third kappa shape index (κ3) is 5.09. The maximum Gasteiger partial charge on any atom is 0.257 e. The second kappa shape index (κ2) is 9.03. The fraction of sp³-hybridized carbons (Fsp3) is 0.286. The van der Waals surface area contributed by atoms with E-state index in [1.54, 1.807) is 55.6 Å². The summed E-state index contributed by atoms with van der Waals surface area (Å²) in [5, 5.41) is 2.85. The highest BCUT2D eigenvalue weighted by molar-refractivity contribution is 5.95. The van der Waals surface area contributed by atoms with E-state index in [4.69, 9.17) is 8.83 Å². The summed E-state index contributed by atoms with van der Waals surface area (Å²) < 4.78 is 10.9. The van der Waals surface area contributed by atoms with Gasteiger partial charge in [0.1, 0.15) is 17.3 Å². The highest BCUT2D eigenvalue weighted by Gasteiger charge is 2.22. The second-order valence-corrected chi connectivity index (χ2v) is 6.52.